The van der Waals surface area contributed by atoms with Crippen molar-refractivity contribution in [1.82, 2.24) is 19.9 Å². The second-order valence-corrected chi connectivity index (χ2v) is 4.53. The molecule has 6 heteroatoms. The smallest absolute Gasteiger partial charge is 0.232 e. The Balaban J connectivity index is 1.84. The summed E-state index contributed by atoms with van der Waals surface area (Å²) >= 11 is 0. The van der Waals surface area contributed by atoms with Crippen LogP contribution < -0.4 is 10.1 Å². The molecule has 2 heterocycles. The Morgan fingerprint density at radius 3 is 2.71 bits per heavy atom. The molecule has 106 valence electrons. The highest BCUT2D eigenvalue weighted by Crippen LogP contribution is 2.16. The zero-order chi connectivity index (χ0) is 14.7. The van der Waals surface area contributed by atoms with Gasteiger partial charge in [-0.15, -0.1) is 0 Å². The van der Waals surface area contributed by atoms with Crippen molar-refractivity contribution >= 4 is 16.7 Å². The number of methoxy groups -OCH3 is 1. The van der Waals surface area contributed by atoms with Gasteiger partial charge in [0.1, 0.15) is 11.6 Å². The van der Waals surface area contributed by atoms with Gasteiger partial charge in [-0.3, -0.25) is 0 Å². The van der Waals surface area contributed by atoms with Crippen molar-refractivity contribution in [2.24, 2.45) is 0 Å². The van der Waals surface area contributed by atoms with Crippen LogP contribution in [0.1, 0.15) is 11.5 Å². The number of rotatable bonds is 4. The molecule has 0 radical (unpaired) electrons. The average Bonchev–Trinajstić information content (AvgIpc) is 2.53. The number of anilines is 1. The van der Waals surface area contributed by atoms with Crippen molar-refractivity contribution in [2.75, 3.05) is 12.4 Å². The molecule has 0 saturated heterocycles. The third-order valence-electron chi connectivity index (χ3n) is 3.07. The molecule has 6 nitrogen and oxygen atoms in total. The lowest BCUT2D eigenvalue weighted by atomic mass is 10.2. The Morgan fingerprint density at radius 2 is 1.95 bits per heavy atom. The lowest BCUT2D eigenvalue weighted by molar-refractivity contribution is 0.396. The van der Waals surface area contributed by atoms with Gasteiger partial charge >= 0.3 is 0 Å². The summed E-state index contributed by atoms with van der Waals surface area (Å²) < 4.78 is 4.98. The van der Waals surface area contributed by atoms with E-state index in [1.165, 1.54) is 0 Å². The van der Waals surface area contributed by atoms with Crippen LogP contribution in [0.3, 0.4) is 0 Å². The molecular formula is C15H15N5O. The summed E-state index contributed by atoms with van der Waals surface area (Å²) in [5, 5.41) is 4.25. The minimum atomic E-state index is 0.490. The Kier molecular flexibility index (Phi) is 3.59. The maximum atomic E-state index is 4.98. The third-order valence-corrected chi connectivity index (χ3v) is 3.07. The van der Waals surface area contributed by atoms with Crippen molar-refractivity contribution in [3.8, 4) is 5.88 Å². The second-order valence-electron chi connectivity index (χ2n) is 4.53. The van der Waals surface area contributed by atoms with Gasteiger partial charge in [0.25, 0.3) is 0 Å². The van der Waals surface area contributed by atoms with Crippen LogP contribution in [0.5, 0.6) is 5.88 Å². The molecule has 0 fully saturated rings. The summed E-state index contributed by atoms with van der Waals surface area (Å²) in [4.78, 5) is 17.3. The summed E-state index contributed by atoms with van der Waals surface area (Å²) in [6, 6.07) is 7.96. The fourth-order valence-corrected chi connectivity index (χ4v) is 2.09. The van der Waals surface area contributed by atoms with E-state index in [2.05, 4.69) is 25.3 Å². The van der Waals surface area contributed by atoms with Gasteiger partial charge in [-0.2, -0.15) is 0 Å². The van der Waals surface area contributed by atoms with Crippen molar-refractivity contribution < 1.29 is 4.74 Å². The third kappa shape index (κ3) is 2.89. The fourth-order valence-electron chi connectivity index (χ4n) is 2.09. The Hall–Kier alpha value is -2.76. The predicted molar refractivity (Wildman–Crippen MR) is 80.2 cm³/mol. The predicted octanol–water partition coefficient (Wildman–Crippen LogP) is 2.35. The number of benzene rings is 1. The van der Waals surface area contributed by atoms with E-state index in [1.807, 2.05) is 31.2 Å². The lowest BCUT2D eigenvalue weighted by Crippen LogP contribution is -2.06. The van der Waals surface area contributed by atoms with Gasteiger partial charge in [-0.1, -0.05) is 18.2 Å². The number of nitrogens with one attached hydrogen (secondary N) is 1. The van der Waals surface area contributed by atoms with Crippen LogP contribution >= 0.6 is 0 Å². The first-order chi connectivity index (χ1) is 10.3. The molecule has 21 heavy (non-hydrogen) atoms. The summed E-state index contributed by atoms with van der Waals surface area (Å²) in [7, 11) is 1.56. The molecule has 3 aromatic rings. The molecule has 0 atom stereocenters. The Morgan fingerprint density at radius 1 is 1.10 bits per heavy atom. The van der Waals surface area contributed by atoms with Gasteiger partial charge in [0.2, 0.25) is 5.88 Å². The maximum absolute atomic E-state index is 4.98. The van der Waals surface area contributed by atoms with E-state index >= 15 is 0 Å². The van der Waals surface area contributed by atoms with E-state index < -0.39 is 0 Å². The zero-order valence-corrected chi connectivity index (χ0v) is 11.9. The Labute approximate surface area is 122 Å². The minimum absolute atomic E-state index is 0.490. The number of nitrogens with zero attached hydrogens (tertiary/aromatic N) is 4. The molecule has 3 rings (SSSR count). The largest absolute Gasteiger partial charge is 0.480 e. The number of aromatic nitrogens is 4. The van der Waals surface area contributed by atoms with E-state index in [0.717, 1.165) is 22.4 Å². The highest BCUT2D eigenvalue weighted by molar-refractivity contribution is 5.80. The lowest BCUT2D eigenvalue weighted by Gasteiger charge is -2.08. The molecule has 0 amide bonds. The molecular weight excluding hydrogens is 266 g/mol. The van der Waals surface area contributed by atoms with E-state index in [-0.39, 0.29) is 0 Å². The molecule has 0 unspecified atom stereocenters. The van der Waals surface area contributed by atoms with Crippen LogP contribution in [0.2, 0.25) is 0 Å². The Bertz CT molecular complexity index is 758. The monoisotopic (exact) mass is 281 g/mol. The molecule has 0 saturated carbocycles. The van der Waals surface area contributed by atoms with Gasteiger partial charge in [-0.05, 0) is 13.0 Å². The van der Waals surface area contributed by atoms with Gasteiger partial charge in [-0.25, -0.2) is 19.9 Å². The van der Waals surface area contributed by atoms with E-state index in [1.54, 1.807) is 19.5 Å². The fraction of sp³-hybridized carbons (Fsp3) is 0.200. The van der Waals surface area contributed by atoms with E-state index in [0.29, 0.717) is 18.2 Å². The SMILES string of the molecule is COc1cnc(NCc2nc(C)nc3ccccc23)cn1. The van der Waals surface area contributed by atoms with Gasteiger partial charge in [0.15, 0.2) is 0 Å². The first-order valence-corrected chi connectivity index (χ1v) is 6.58. The minimum Gasteiger partial charge on any atom is -0.480 e. The summed E-state index contributed by atoms with van der Waals surface area (Å²) in [6.45, 7) is 2.45. The summed E-state index contributed by atoms with van der Waals surface area (Å²) in [6.07, 6.45) is 3.21. The molecule has 0 aliphatic rings. The number of hydrogen-bond acceptors (Lipinski definition) is 6. The number of para-hydroxylation sites is 1. The highest BCUT2D eigenvalue weighted by Gasteiger charge is 2.05. The van der Waals surface area contributed by atoms with Gasteiger partial charge in [0.05, 0.1) is 37.3 Å². The number of ether oxygens (including phenoxy) is 1. The van der Waals surface area contributed by atoms with Crippen LogP contribution in [0.25, 0.3) is 10.9 Å². The van der Waals surface area contributed by atoms with Gasteiger partial charge in [0, 0.05) is 5.39 Å². The first kappa shape index (κ1) is 13.2. The molecule has 0 spiro atoms. The molecule has 0 aliphatic heterocycles. The van der Waals surface area contributed by atoms with Crippen molar-refractivity contribution in [2.45, 2.75) is 13.5 Å². The summed E-state index contributed by atoms with van der Waals surface area (Å²) in [5.41, 5.74) is 1.89. The topological polar surface area (TPSA) is 72.8 Å². The molecule has 2 aromatic heterocycles. The van der Waals surface area contributed by atoms with Crippen LogP contribution in [0, 0.1) is 6.92 Å². The first-order valence-electron chi connectivity index (χ1n) is 6.58. The van der Waals surface area contributed by atoms with Crippen LogP contribution in [0.4, 0.5) is 5.82 Å². The maximum Gasteiger partial charge on any atom is 0.232 e. The zero-order valence-electron chi connectivity index (χ0n) is 11.9. The number of fused-ring (bicyclic) bond motifs is 1. The second kappa shape index (κ2) is 5.70. The van der Waals surface area contributed by atoms with Crippen LogP contribution in [0.15, 0.2) is 36.7 Å². The van der Waals surface area contributed by atoms with Crippen LogP contribution in [-0.4, -0.2) is 27.0 Å². The molecule has 0 aliphatic carbocycles. The summed E-state index contributed by atoms with van der Waals surface area (Å²) in [5.74, 6) is 1.92. The van der Waals surface area contributed by atoms with E-state index in [9.17, 15) is 0 Å². The molecule has 0 bridgehead atoms. The number of aryl methyl sites for hydroxylation is 1. The average molecular weight is 281 g/mol. The van der Waals surface area contributed by atoms with Crippen LogP contribution in [-0.2, 0) is 6.54 Å². The van der Waals surface area contributed by atoms with Crippen molar-refractivity contribution in [3.63, 3.8) is 0 Å². The van der Waals surface area contributed by atoms with E-state index in [4.69, 9.17) is 4.74 Å². The molecule has 1 N–H and O–H groups in total. The van der Waals surface area contributed by atoms with Gasteiger partial charge < -0.3 is 10.1 Å². The van der Waals surface area contributed by atoms with Crippen molar-refractivity contribution in [3.05, 3.63) is 48.2 Å². The standard InChI is InChI=1S/C15H15N5O/c1-10-19-12-6-4-3-5-11(12)13(20-10)7-16-14-8-18-15(21-2)9-17-14/h3-6,8-9H,7H2,1-2H3,(H,16,17). The normalized spacial score (nSPS) is 10.6. The quantitative estimate of drug-likeness (QED) is 0.791. The number of hydrogen-bond donors (Lipinski definition) is 1. The van der Waals surface area contributed by atoms with Crippen molar-refractivity contribution in [1.29, 1.82) is 0 Å². The molecule has 1 aromatic carbocycles. The highest BCUT2D eigenvalue weighted by atomic mass is 16.5.